The van der Waals surface area contributed by atoms with Gasteiger partial charge in [-0.15, -0.1) is 12.4 Å². The van der Waals surface area contributed by atoms with Crippen LogP contribution in [0, 0.1) is 0 Å². The van der Waals surface area contributed by atoms with Gasteiger partial charge in [0.05, 0.1) is 11.9 Å². The van der Waals surface area contributed by atoms with Crippen LogP contribution in [0.25, 0.3) is 11.0 Å². The minimum absolute atomic E-state index is 0. The standard InChI is InChI=1S/C24H19F3N6O2.ClH/c25-24(26,27)19-17-6-1-2-7-18(17)31-23(32-19)33(16-11-14-8-9-29-21(14)30-12-16)22(35)15-5-3-4-13(10-15)20(28)34;/h3-5,8-12H,1-2,6-7H2,(H2,28,34)(H,29,30);1H. The van der Waals surface area contributed by atoms with Crippen LogP contribution >= 0.6 is 12.4 Å². The van der Waals surface area contributed by atoms with E-state index >= 15 is 0 Å². The van der Waals surface area contributed by atoms with Crippen LogP contribution < -0.4 is 10.6 Å². The van der Waals surface area contributed by atoms with Gasteiger partial charge in [0.25, 0.3) is 5.91 Å². The number of hydrogen-bond donors (Lipinski definition) is 2. The third-order valence-corrected chi connectivity index (χ3v) is 5.88. The van der Waals surface area contributed by atoms with Crippen molar-refractivity contribution in [1.82, 2.24) is 19.9 Å². The molecule has 0 radical (unpaired) electrons. The number of carbonyl (C=O) groups excluding carboxylic acids is 2. The molecule has 0 saturated carbocycles. The molecule has 0 unspecified atom stereocenters. The minimum atomic E-state index is -4.72. The second-order valence-electron chi connectivity index (χ2n) is 8.20. The molecule has 0 fully saturated rings. The number of aryl methyl sites for hydroxylation is 1. The van der Waals surface area contributed by atoms with Gasteiger partial charge in [0, 0.05) is 34.0 Å². The molecule has 3 N–H and O–H groups in total. The summed E-state index contributed by atoms with van der Waals surface area (Å²) in [4.78, 5) is 41.8. The normalized spacial score (nSPS) is 13.1. The Balaban J connectivity index is 0.00000304. The predicted octanol–water partition coefficient (Wildman–Crippen LogP) is 4.75. The van der Waals surface area contributed by atoms with Gasteiger partial charge in [-0.1, -0.05) is 6.07 Å². The monoisotopic (exact) mass is 516 g/mol. The van der Waals surface area contributed by atoms with E-state index in [9.17, 15) is 22.8 Å². The molecule has 0 saturated heterocycles. The fourth-order valence-corrected chi connectivity index (χ4v) is 4.22. The molecule has 1 aliphatic carbocycles. The maximum Gasteiger partial charge on any atom is 0.433 e. The highest BCUT2D eigenvalue weighted by Gasteiger charge is 2.39. The molecule has 2 amide bonds. The van der Waals surface area contributed by atoms with E-state index in [1.807, 2.05) is 0 Å². The average molecular weight is 517 g/mol. The van der Waals surface area contributed by atoms with Gasteiger partial charge < -0.3 is 10.7 Å². The first-order valence-electron chi connectivity index (χ1n) is 10.9. The maximum atomic E-state index is 14.0. The van der Waals surface area contributed by atoms with Gasteiger partial charge in [0.15, 0.2) is 5.69 Å². The first-order chi connectivity index (χ1) is 16.7. The van der Waals surface area contributed by atoms with Crippen LogP contribution in [-0.4, -0.2) is 31.8 Å². The van der Waals surface area contributed by atoms with E-state index < -0.39 is 29.6 Å². The van der Waals surface area contributed by atoms with Crippen molar-refractivity contribution in [1.29, 1.82) is 0 Å². The van der Waals surface area contributed by atoms with Gasteiger partial charge in [-0.05, 0) is 56.0 Å². The quantitative estimate of drug-likeness (QED) is 0.406. The van der Waals surface area contributed by atoms with E-state index in [0.717, 1.165) is 4.90 Å². The number of aromatic amines is 1. The van der Waals surface area contributed by atoms with E-state index in [1.54, 1.807) is 18.3 Å². The molecule has 0 atom stereocenters. The number of carbonyl (C=O) groups is 2. The lowest BCUT2D eigenvalue weighted by molar-refractivity contribution is -0.142. The van der Waals surface area contributed by atoms with Crippen LogP contribution in [0.4, 0.5) is 24.8 Å². The topological polar surface area (TPSA) is 118 Å². The highest BCUT2D eigenvalue weighted by molar-refractivity contribution is 6.11. The number of anilines is 2. The van der Waals surface area contributed by atoms with Crippen LogP contribution in [0.2, 0.25) is 0 Å². The molecule has 186 valence electrons. The predicted molar refractivity (Wildman–Crippen MR) is 128 cm³/mol. The van der Waals surface area contributed by atoms with E-state index in [2.05, 4.69) is 19.9 Å². The number of nitrogens with two attached hydrogens (primary N) is 1. The van der Waals surface area contributed by atoms with Gasteiger partial charge in [-0.25, -0.2) is 19.9 Å². The van der Waals surface area contributed by atoms with Gasteiger partial charge in [0.1, 0.15) is 5.65 Å². The number of nitrogens with one attached hydrogen (secondary N) is 1. The molecular weight excluding hydrogens is 497 g/mol. The van der Waals surface area contributed by atoms with Crippen LogP contribution in [0.15, 0.2) is 48.8 Å². The van der Waals surface area contributed by atoms with E-state index in [1.165, 1.54) is 30.5 Å². The van der Waals surface area contributed by atoms with Gasteiger partial charge >= 0.3 is 6.18 Å². The molecule has 36 heavy (non-hydrogen) atoms. The number of fused-ring (bicyclic) bond motifs is 2. The molecule has 1 aliphatic rings. The van der Waals surface area contributed by atoms with Crippen molar-refractivity contribution in [2.45, 2.75) is 31.9 Å². The lowest BCUT2D eigenvalue weighted by atomic mass is 9.94. The van der Waals surface area contributed by atoms with Crippen LogP contribution in [0.1, 0.15) is 50.5 Å². The first kappa shape index (κ1) is 25.1. The van der Waals surface area contributed by atoms with Gasteiger partial charge in [-0.3, -0.25) is 9.59 Å². The number of primary amides is 1. The SMILES string of the molecule is Cl.NC(=O)c1cccc(C(=O)N(c2cnc3[nH]ccc3c2)c2nc3c(c(C(F)(F)F)n2)CCCC3)c1. The number of alkyl halides is 3. The first-order valence-corrected chi connectivity index (χ1v) is 10.9. The van der Waals surface area contributed by atoms with Crippen molar-refractivity contribution in [3.8, 4) is 0 Å². The van der Waals surface area contributed by atoms with Crippen molar-refractivity contribution in [3.63, 3.8) is 0 Å². The molecule has 8 nitrogen and oxygen atoms in total. The Morgan fingerprint density at radius 2 is 1.78 bits per heavy atom. The second kappa shape index (κ2) is 9.57. The average Bonchev–Trinajstić information content (AvgIpc) is 3.31. The maximum absolute atomic E-state index is 14.0. The third-order valence-electron chi connectivity index (χ3n) is 5.88. The van der Waals surface area contributed by atoms with Crippen molar-refractivity contribution < 1.29 is 22.8 Å². The zero-order chi connectivity index (χ0) is 24.7. The summed E-state index contributed by atoms with van der Waals surface area (Å²) in [6.45, 7) is 0. The van der Waals surface area contributed by atoms with Crippen molar-refractivity contribution >= 4 is 46.9 Å². The number of halogens is 4. The molecular formula is C24H20ClF3N6O2. The Bertz CT molecular complexity index is 1470. The van der Waals surface area contributed by atoms with E-state index in [0.29, 0.717) is 30.3 Å². The number of nitrogens with zero attached hydrogens (tertiary/aromatic N) is 4. The Kier molecular flexibility index (Phi) is 6.68. The van der Waals surface area contributed by atoms with Crippen molar-refractivity contribution in [2.24, 2.45) is 5.73 Å². The van der Waals surface area contributed by atoms with Crippen molar-refractivity contribution in [2.75, 3.05) is 4.90 Å². The summed E-state index contributed by atoms with van der Waals surface area (Å²) in [5.74, 6) is -1.89. The Morgan fingerprint density at radius 3 is 2.53 bits per heavy atom. The van der Waals surface area contributed by atoms with E-state index in [4.69, 9.17) is 5.73 Å². The van der Waals surface area contributed by atoms with Crippen LogP contribution in [-0.2, 0) is 19.0 Å². The van der Waals surface area contributed by atoms with Crippen LogP contribution in [0.5, 0.6) is 0 Å². The summed E-state index contributed by atoms with van der Waals surface area (Å²) in [5, 5.41) is 0.639. The largest absolute Gasteiger partial charge is 0.433 e. The number of aromatic nitrogens is 4. The Labute approximate surface area is 209 Å². The van der Waals surface area contributed by atoms with E-state index in [-0.39, 0.29) is 46.9 Å². The molecule has 12 heteroatoms. The zero-order valence-electron chi connectivity index (χ0n) is 18.7. The smallest absolute Gasteiger partial charge is 0.366 e. The zero-order valence-corrected chi connectivity index (χ0v) is 19.5. The third kappa shape index (κ3) is 4.61. The number of H-pyrrole nitrogens is 1. The molecule has 0 spiro atoms. The lowest BCUT2D eigenvalue weighted by Crippen LogP contribution is -2.30. The molecule has 1 aromatic carbocycles. The highest BCUT2D eigenvalue weighted by atomic mass is 35.5. The number of hydrogen-bond acceptors (Lipinski definition) is 5. The molecule has 0 aliphatic heterocycles. The van der Waals surface area contributed by atoms with Crippen molar-refractivity contribution in [3.05, 3.63) is 76.9 Å². The molecule has 5 rings (SSSR count). The summed E-state index contributed by atoms with van der Waals surface area (Å²) in [7, 11) is 0. The number of rotatable bonds is 4. The number of pyridine rings is 1. The van der Waals surface area contributed by atoms with Gasteiger partial charge in [0.2, 0.25) is 11.9 Å². The van der Waals surface area contributed by atoms with Gasteiger partial charge in [-0.2, -0.15) is 13.2 Å². The molecule has 0 bridgehead atoms. The molecule has 3 heterocycles. The number of amides is 2. The fourth-order valence-electron chi connectivity index (χ4n) is 4.22. The summed E-state index contributed by atoms with van der Waals surface area (Å²) < 4.78 is 42.0. The highest BCUT2D eigenvalue weighted by Crippen LogP contribution is 2.37. The molecule has 4 aromatic rings. The minimum Gasteiger partial charge on any atom is -0.366 e. The summed E-state index contributed by atoms with van der Waals surface area (Å²) >= 11 is 0. The molecule has 3 aromatic heterocycles. The summed E-state index contributed by atoms with van der Waals surface area (Å²) in [5.41, 5.74) is 5.47. The number of benzene rings is 1. The summed E-state index contributed by atoms with van der Waals surface area (Å²) in [6, 6.07) is 8.94. The Morgan fingerprint density at radius 1 is 1.03 bits per heavy atom. The summed E-state index contributed by atoms with van der Waals surface area (Å²) in [6.07, 6.45) is 0.147. The van der Waals surface area contributed by atoms with Crippen LogP contribution in [0.3, 0.4) is 0 Å². The Hall–Kier alpha value is -3.99. The fraction of sp³-hybridized carbons (Fsp3) is 0.208. The lowest BCUT2D eigenvalue weighted by Gasteiger charge is -2.25. The second-order valence-corrected chi connectivity index (χ2v) is 8.20.